The molecule has 0 saturated heterocycles. The van der Waals surface area contributed by atoms with Gasteiger partial charge in [-0.25, -0.2) is 0 Å². The second-order valence-corrected chi connectivity index (χ2v) is 5.80. The lowest BCUT2D eigenvalue weighted by molar-refractivity contribution is -0.711. The fourth-order valence-corrected chi connectivity index (χ4v) is 2.69. The summed E-state index contributed by atoms with van der Waals surface area (Å²) in [4.78, 5) is 31.3. The smallest absolute Gasteiger partial charge is 0.283 e. The molecule has 1 N–H and O–H groups in total. The molecule has 3 rings (SSSR count). The Morgan fingerprint density at radius 2 is 1.07 bits per heavy atom. The minimum Gasteiger partial charge on any atom is -0.466 e. The van der Waals surface area contributed by atoms with E-state index in [2.05, 4.69) is 5.43 Å². The second kappa shape index (κ2) is 8.10. The highest BCUT2D eigenvalue weighted by Crippen LogP contribution is 2.42. The number of quaternary nitrogens is 1. The van der Waals surface area contributed by atoms with Crippen LogP contribution in [0.5, 0.6) is 0 Å². The van der Waals surface area contributed by atoms with Crippen molar-refractivity contribution < 1.29 is 19.8 Å². The van der Waals surface area contributed by atoms with Crippen LogP contribution in [0.1, 0.15) is 0 Å². The monoisotopic (exact) mass is 395 g/mol. The van der Waals surface area contributed by atoms with Crippen LogP contribution in [-0.2, 0) is 0 Å². The Morgan fingerprint density at radius 1 is 0.655 bits per heavy atom. The lowest BCUT2D eigenvalue weighted by Gasteiger charge is -2.31. The summed E-state index contributed by atoms with van der Waals surface area (Å²) in [6.07, 6.45) is 0. The number of benzene rings is 3. The number of non-ortho nitro benzene ring substituents is 1. The van der Waals surface area contributed by atoms with Crippen molar-refractivity contribution in [2.75, 3.05) is 0 Å². The van der Waals surface area contributed by atoms with Crippen molar-refractivity contribution in [1.29, 1.82) is 0 Å². The maximum absolute atomic E-state index is 11.5. The number of nitro groups is 3. The third-order valence-corrected chi connectivity index (χ3v) is 3.98. The fraction of sp³-hybridized carbons (Fsp3) is 0. The van der Waals surface area contributed by atoms with Gasteiger partial charge in [-0.15, -0.1) is 0 Å². The largest absolute Gasteiger partial charge is 0.466 e. The minimum atomic E-state index is -0.928. The molecule has 0 aliphatic carbocycles. The van der Waals surface area contributed by atoms with E-state index in [0.717, 1.165) is 0 Å². The van der Waals surface area contributed by atoms with E-state index in [-0.39, 0.29) is 5.01 Å². The van der Waals surface area contributed by atoms with E-state index in [4.69, 9.17) is 0 Å². The van der Waals surface area contributed by atoms with Crippen molar-refractivity contribution in [2.24, 2.45) is 0 Å². The lowest BCUT2D eigenvalue weighted by Crippen LogP contribution is -2.97. The normalized spacial score (nSPS) is 10.5. The number of para-hydroxylation sites is 2. The van der Waals surface area contributed by atoms with Gasteiger partial charge in [0, 0.05) is 0 Å². The quantitative estimate of drug-likeness (QED) is 0.474. The van der Waals surface area contributed by atoms with Crippen LogP contribution in [0.3, 0.4) is 0 Å². The average Bonchev–Trinajstić information content (AvgIpc) is 2.72. The van der Waals surface area contributed by atoms with Gasteiger partial charge in [0.15, 0.2) is 0 Å². The topological polar surface area (TPSA) is 148 Å². The van der Waals surface area contributed by atoms with Gasteiger partial charge in [0.05, 0.1) is 32.6 Å². The van der Waals surface area contributed by atoms with Crippen molar-refractivity contribution in [1.82, 2.24) is 0 Å². The number of nitrogens with zero attached hydrogens (tertiary/aromatic N) is 4. The highest BCUT2D eigenvalue weighted by atomic mass is 16.6. The Labute approximate surface area is 163 Å². The summed E-state index contributed by atoms with van der Waals surface area (Å²) in [6.45, 7) is 0. The van der Waals surface area contributed by atoms with E-state index in [1.165, 1.54) is 0 Å². The molecule has 29 heavy (non-hydrogen) atoms. The van der Waals surface area contributed by atoms with Crippen LogP contribution in [0.25, 0.3) is 5.43 Å². The molecule has 0 amide bonds. The van der Waals surface area contributed by atoms with Gasteiger partial charge in [-0.3, -0.25) is 30.3 Å². The summed E-state index contributed by atoms with van der Waals surface area (Å²) in [5.41, 5.74) is 2.42. The molecule has 11 nitrogen and oxygen atoms in total. The first-order chi connectivity index (χ1) is 13.9. The summed E-state index contributed by atoms with van der Waals surface area (Å²) in [7, 11) is 0. The molecule has 0 spiro atoms. The molecule has 0 aliphatic rings. The van der Waals surface area contributed by atoms with E-state index in [0.29, 0.717) is 23.5 Å². The maximum Gasteiger partial charge on any atom is 0.283 e. The molecule has 0 unspecified atom stereocenters. The molecule has 146 valence electrons. The summed E-state index contributed by atoms with van der Waals surface area (Å²) in [6, 6.07) is 18.6. The molecule has 0 fully saturated rings. The van der Waals surface area contributed by atoms with Gasteiger partial charge in [0.1, 0.15) is 11.4 Å². The van der Waals surface area contributed by atoms with Gasteiger partial charge in [-0.2, -0.15) is 0 Å². The molecule has 0 aliphatic heterocycles. The summed E-state index contributed by atoms with van der Waals surface area (Å²) in [5, 5.41) is 34.3. The predicted octanol–water partition coefficient (Wildman–Crippen LogP) is 3.88. The van der Waals surface area contributed by atoms with E-state index < -0.39 is 37.5 Å². The highest BCUT2D eigenvalue weighted by molar-refractivity contribution is 5.78. The first-order valence-corrected chi connectivity index (χ1v) is 8.19. The number of hydrogen-bond donors (Lipinski definition) is 1. The van der Waals surface area contributed by atoms with Crippen LogP contribution in [-0.4, -0.2) is 14.8 Å². The van der Waals surface area contributed by atoms with Gasteiger partial charge in [0.25, 0.3) is 17.1 Å². The molecule has 0 bridgehead atoms. The Kier molecular flexibility index (Phi) is 5.42. The van der Waals surface area contributed by atoms with Crippen molar-refractivity contribution in [3.63, 3.8) is 0 Å². The molecule has 11 heteroatoms. The Morgan fingerprint density at radius 3 is 1.41 bits per heavy atom. The van der Waals surface area contributed by atoms with Gasteiger partial charge in [0.2, 0.25) is 0 Å². The summed E-state index contributed by atoms with van der Waals surface area (Å²) < 4.78 is 0. The van der Waals surface area contributed by atoms with Gasteiger partial charge < -0.3 is 10.4 Å². The predicted molar refractivity (Wildman–Crippen MR) is 103 cm³/mol. The molecule has 0 aromatic heterocycles. The molecule has 3 aromatic carbocycles. The Balaban J connectivity index is 2.21. The van der Waals surface area contributed by atoms with Crippen LogP contribution < -0.4 is 5.01 Å². The highest BCUT2D eigenvalue weighted by Gasteiger charge is 2.27. The number of rotatable bonds is 7. The zero-order chi connectivity index (χ0) is 21.0. The van der Waals surface area contributed by atoms with Crippen molar-refractivity contribution in [3.8, 4) is 0 Å². The Bertz CT molecular complexity index is 1000. The van der Waals surface area contributed by atoms with Crippen molar-refractivity contribution in [3.05, 3.63) is 109 Å². The zero-order valence-electron chi connectivity index (χ0n) is 14.7. The van der Waals surface area contributed by atoms with Gasteiger partial charge in [-0.05, 0) is 24.3 Å². The molecule has 0 heterocycles. The second-order valence-electron chi connectivity index (χ2n) is 5.80. The zero-order valence-corrected chi connectivity index (χ0v) is 14.7. The number of nitro benzene ring substituents is 3. The maximum atomic E-state index is 11.5. The molecular formula is C18H13N5O6. The first kappa shape index (κ1) is 19.4. The molecule has 3 aromatic rings. The third kappa shape index (κ3) is 4.14. The van der Waals surface area contributed by atoms with Gasteiger partial charge in [-0.1, -0.05) is 36.4 Å². The van der Waals surface area contributed by atoms with E-state index in [1.807, 2.05) is 0 Å². The third-order valence-electron chi connectivity index (χ3n) is 3.98. The summed E-state index contributed by atoms with van der Waals surface area (Å²) >= 11 is 0. The fourth-order valence-electron chi connectivity index (χ4n) is 2.69. The first-order valence-electron chi connectivity index (χ1n) is 8.19. The standard InChI is InChI=1S/C18H13N5O6/c24-21(25)15-11-16(22(26)27)18(17(12-15)23(28)29)19-20(13-7-3-1-4-8-13)14-9-5-2-6-10-14/h1-12,20H. The lowest BCUT2D eigenvalue weighted by atomic mass is 10.2. The molecule has 0 atom stereocenters. The van der Waals surface area contributed by atoms with Crippen LogP contribution in [0.15, 0.2) is 72.8 Å². The number of hydrogen-bond acceptors (Lipinski definition) is 6. The molecule has 0 saturated carbocycles. The van der Waals surface area contributed by atoms with Crippen molar-refractivity contribution >= 4 is 34.1 Å². The van der Waals surface area contributed by atoms with E-state index in [1.54, 1.807) is 60.7 Å². The molecular weight excluding hydrogens is 382 g/mol. The average molecular weight is 395 g/mol. The van der Waals surface area contributed by atoms with E-state index in [9.17, 15) is 30.3 Å². The van der Waals surface area contributed by atoms with Crippen molar-refractivity contribution in [2.45, 2.75) is 0 Å². The summed E-state index contributed by atoms with van der Waals surface area (Å²) in [5.74, 6) is 0. The molecule has 0 radical (unpaired) electrons. The van der Waals surface area contributed by atoms with Crippen LogP contribution in [0.2, 0.25) is 0 Å². The van der Waals surface area contributed by atoms with Crippen LogP contribution in [0, 0.1) is 30.3 Å². The van der Waals surface area contributed by atoms with Crippen LogP contribution in [0.4, 0.5) is 34.1 Å². The van der Waals surface area contributed by atoms with Gasteiger partial charge >= 0.3 is 0 Å². The number of nitrogens with one attached hydrogen (secondary N) is 1. The van der Waals surface area contributed by atoms with Crippen LogP contribution >= 0.6 is 0 Å². The minimum absolute atomic E-state index is 0.256. The van der Waals surface area contributed by atoms with E-state index >= 15 is 0 Å². The SMILES string of the molecule is O=[N+]([O-])c1cc([N+](=O)[O-])c([N-][NH+](c2ccccc2)c2ccccc2)c([N+](=O)[O-])c1. The Hall–Kier alpha value is -4.38.